The van der Waals surface area contributed by atoms with Gasteiger partial charge in [0.2, 0.25) is 15.9 Å². The van der Waals surface area contributed by atoms with Crippen molar-refractivity contribution in [3.63, 3.8) is 0 Å². The Morgan fingerprint density at radius 3 is 2.53 bits per heavy atom. The Bertz CT molecular complexity index is 1060. The predicted octanol–water partition coefficient (Wildman–Crippen LogP) is 3.08. The molecule has 160 valence electrons. The second-order valence-electron chi connectivity index (χ2n) is 7.97. The molecule has 1 amide bonds. The highest BCUT2D eigenvalue weighted by Gasteiger charge is 2.30. The van der Waals surface area contributed by atoms with Gasteiger partial charge in [0.05, 0.1) is 11.4 Å². The molecule has 0 aromatic heterocycles. The molecule has 4 rings (SSSR count). The number of fused-ring (bicyclic) bond motifs is 1. The average molecular weight is 448 g/mol. The first-order chi connectivity index (χ1) is 14.3. The minimum absolute atomic E-state index is 0.129. The fourth-order valence-electron chi connectivity index (χ4n) is 4.11. The zero-order valence-electron chi connectivity index (χ0n) is 17.0. The maximum atomic E-state index is 13.0. The lowest BCUT2D eigenvalue weighted by atomic mass is 10.1. The predicted molar refractivity (Wildman–Crippen MR) is 118 cm³/mol. The number of carbonyl (C=O) groups is 1. The lowest BCUT2D eigenvalue weighted by Gasteiger charge is -2.33. The van der Waals surface area contributed by atoms with E-state index in [1.807, 2.05) is 30.0 Å². The van der Waals surface area contributed by atoms with Crippen molar-refractivity contribution in [2.75, 3.05) is 38.0 Å². The standard InChI is InChI=1S/C22H26ClN3O3S/c1-16-5-7-19(23)14-21(16)24-22(27)15-25-9-11-26(12-10-25)30(28,29)20-8-6-17-3-2-4-18(17)13-20/h5-8,13-14H,2-4,9-12,15H2,1H3,(H,24,27). The maximum absolute atomic E-state index is 13.0. The number of nitrogens with zero attached hydrogens (tertiary/aromatic N) is 2. The highest BCUT2D eigenvalue weighted by atomic mass is 35.5. The zero-order chi connectivity index (χ0) is 21.3. The minimum Gasteiger partial charge on any atom is -0.325 e. The summed E-state index contributed by atoms with van der Waals surface area (Å²) in [5.41, 5.74) is 4.06. The number of hydrogen-bond donors (Lipinski definition) is 1. The Morgan fingerprint density at radius 1 is 1.03 bits per heavy atom. The Morgan fingerprint density at radius 2 is 1.77 bits per heavy atom. The van der Waals surface area contributed by atoms with Crippen LogP contribution < -0.4 is 5.32 Å². The number of amides is 1. The van der Waals surface area contributed by atoms with Crippen LogP contribution in [0.15, 0.2) is 41.3 Å². The summed E-state index contributed by atoms with van der Waals surface area (Å²) in [4.78, 5) is 14.8. The minimum atomic E-state index is -3.50. The van der Waals surface area contributed by atoms with Crippen molar-refractivity contribution in [1.29, 1.82) is 0 Å². The van der Waals surface area contributed by atoms with E-state index in [-0.39, 0.29) is 12.5 Å². The molecule has 1 aliphatic carbocycles. The van der Waals surface area contributed by atoms with Crippen molar-refractivity contribution in [2.45, 2.75) is 31.1 Å². The molecule has 0 bridgehead atoms. The third kappa shape index (κ3) is 4.54. The Balaban J connectivity index is 1.34. The molecule has 6 nitrogen and oxygen atoms in total. The molecule has 8 heteroatoms. The van der Waals surface area contributed by atoms with Crippen molar-refractivity contribution >= 4 is 33.2 Å². The number of nitrogens with one attached hydrogen (secondary N) is 1. The second kappa shape index (κ2) is 8.67. The van der Waals surface area contributed by atoms with Gasteiger partial charge >= 0.3 is 0 Å². The number of benzene rings is 2. The fourth-order valence-corrected chi connectivity index (χ4v) is 5.75. The number of rotatable bonds is 5. The van der Waals surface area contributed by atoms with Crippen LogP contribution in [0, 0.1) is 6.92 Å². The van der Waals surface area contributed by atoms with Gasteiger partial charge in [-0.1, -0.05) is 23.7 Å². The van der Waals surface area contributed by atoms with Crippen molar-refractivity contribution in [3.05, 3.63) is 58.1 Å². The van der Waals surface area contributed by atoms with Crippen molar-refractivity contribution in [3.8, 4) is 0 Å². The number of halogens is 1. The van der Waals surface area contributed by atoms with E-state index < -0.39 is 10.0 Å². The third-order valence-corrected chi connectivity index (χ3v) is 8.01. The molecule has 1 N–H and O–H groups in total. The van der Waals surface area contributed by atoms with Crippen LogP contribution in [0.2, 0.25) is 5.02 Å². The van der Waals surface area contributed by atoms with E-state index in [0.29, 0.717) is 41.8 Å². The van der Waals surface area contributed by atoms with Crippen LogP contribution in [0.25, 0.3) is 0 Å². The molecule has 2 aliphatic rings. The van der Waals surface area contributed by atoms with Crippen LogP contribution in [0.4, 0.5) is 5.69 Å². The Hall–Kier alpha value is -1.93. The van der Waals surface area contributed by atoms with Gasteiger partial charge in [-0.05, 0) is 67.1 Å². The van der Waals surface area contributed by atoms with Gasteiger partial charge in [-0.2, -0.15) is 4.31 Å². The molecule has 1 saturated heterocycles. The van der Waals surface area contributed by atoms with Gasteiger partial charge in [0.25, 0.3) is 0 Å². The van der Waals surface area contributed by atoms with Crippen LogP contribution in [0.1, 0.15) is 23.1 Å². The lowest BCUT2D eigenvalue weighted by Crippen LogP contribution is -2.50. The van der Waals surface area contributed by atoms with Crippen molar-refractivity contribution in [2.24, 2.45) is 0 Å². The summed E-state index contributed by atoms with van der Waals surface area (Å²) < 4.78 is 27.6. The summed E-state index contributed by atoms with van der Waals surface area (Å²) in [5, 5.41) is 3.46. The van der Waals surface area contributed by atoms with Gasteiger partial charge < -0.3 is 5.32 Å². The van der Waals surface area contributed by atoms with Crippen LogP contribution in [-0.2, 0) is 27.7 Å². The van der Waals surface area contributed by atoms with Crippen molar-refractivity contribution < 1.29 is 13.2 Å². The number of sulfonamides is 1. The normalized spacial score (nSPS) is 17.7. The molecule has 0 atom stereocenters. The van der Waals surface area contributed by atoms with Gasteiger partial charge in [-0.25, -0.2) is 8.42 Å². The molecule has 1 fully saturated rings. The molecule has 0 saturated carbocycles. The highest BCUT2D eigenvalue weighted by molar-refractivity contribution is 7.89. The summed E-state index contributed by atoms with van der Waals surface area (Å²) in [6.07, 6.45) is 3.08. The van der Waals surface area contributed by atoms with E-state index in [1.165, 1.54) is 9.87 Å². The Labute approximate surface area is 182 Å². The number of carbonyl (C=O) groups excluding carboxylic acids is 1. The van der Waals surface area contributed by atoms with Crippen LogP contribution in [0.3, 0.4) is 0 Å². The van der Waals surface area contributed by atoms with Crippen molar-refractivity contribution in [1.82, 2.24) is 9.21 Å². The first kappa shape index (κ1) is 21.3. The van der Waals surface area contributed by atoms with Crippen LogP contribution in [0.5, 0.6) is 0 Å². The third-order valence-electron chi connectivity index (χ3n) is 5.88. The first-order valence-electron chi connectivity index (χ1n) is 10.2. The monoisotopic (exact) mass is 447 g/mol. The van der Waals surface area contributed by atoms with E-state index in [1.54, 1.807) is 18.2 Å². The molecule has 1 heterocycles. The number of anilines is 1. The fraction of sp³-hybridized carbons (Fsp3) is 0.409. The summed E-state index contributed by atoms with van der Waals surface area (Å²) in [6, 6.07) is 10.9. The van der Waals surface area contributed by atoms with Gasteiger partial charge in [0.1, 0.15) is 0 Å². The summed E-state index contributed by atoms with van der Waals surface area (Å²) in [6.45, 7) is 3.93. The average Bonchev–Trinajstić information content (AvgIpc) is 3.19. The second-order valence-corrected chi connectivity index (χ2v) is 10.3. The molecule has 0 unspecified atom stereocenters. The smallest absolute Gasteiger partial charge is 0.243 e. The quantitative estimate of drug-likeness (QED) is 0.764. The van der Waals surface area contributed by atoms with Crippen LogP contribution >= 0.6 is 11.6 Å². The SMILES string of the molecule is Cc1ccc(Cl)cc1NC(=O)CN1CCN(S(=O)(=O)c2ccc3c(c2)CCC3)CC1. The largest absolute Gasteiger partial charge is 0.325 e. The molecule has 2 aromatic rings. The summed E-state index contributed by atoms with van der Waals surface area (Å²) >= 11 is 6.01. The summed E-state index contributed by atoms with van der Waals surface area (Å²) in [7, 11) is -3.50. The van der Waals surface area contributed by atoms with E-state index >= 15 is 0 Å². The van der Waals surface area contributed by atoms with E-state index in [2.05, 4.69) is 5.32 Å². The number of hydrogen-bond acceptors (Lipinski definition) is 4. The molecule has 30 heavy (non-hydrogen) atoms. The molecular weight excluding hydrogens is 422 g/mol. The van der Waals surface area contributed by atoms with Gasteiger partial charge in [0, 0.05) is 36.9 Å². The number of piperazine rings is 1. The number of aryl methyl sites for hydroxylation is 3. The van der Waals surface area contributed by atoms with E-state index in [4.69, 9.17) is 11.6 Å². The molecule has 2 aromatic carbocycles. The highest BCUT2D eigenvalue weighted by Crippen LogP contribution is 2.27. The van der Waals surface area contributed by atoms with Gasteiger partial charge in [-0.15, -0.1) is 0 Å². The Kier molecular flexibility index (Phi) is 6.16. The van der Waals surface area contributed by atoms with Gasteiger partial charge in [-0.3, -0.25) is 9.69 Å². The van der Waals surface area contributed by atoms with E-state index in [9.17, 15) is 13.2 Å². The van der Waals surface area contributed by atoms with Crippen LogP contribution in [-0.4, -0.2) is 56.3 Å². The first-order valence-corrected chi connectivity index (χ1v) is 12.0. The molecule has 0 radical (unpaired) electrons. The topological polar surface area (TPSA) is 69.7 Å². The zero-order valence-corrected chi connectivity index (χ0v) is 18.6. The molecular formula is C22H26ClN3O3S. The van der Waals surface area contributed by atoms with E-state index in [0.717, 1.165) is 30.4 Å². The lowest BCUT2D eigenvalue weighted by molar-refractivity contribution is -0.117. The molecule has 1 aliphatic heterocycles. The molecule has 0 spiro atoms. The summed E-state index contributed by atoms with van der Waals surface area (Å²) in [5.74, 6) is -0.129. The maximum Gasteiger partial charge on any atom is 0.243 e. The van der Waals surface area contributed by atoms with Gasteiger partial charge in [0.15, 0.2) is 0 Å².